The highest BCUT2D eigenvalue weighted by Gasteiger charge is 2.48. The van der Waals surface area contributed by atoms with Crippen molar-refractivity contribution in [2.24, 2.45) is 0 Å². The minimum Gasteiger partial charge on any atom is -0.508 e. The maximum atomic E-state index is 12.9. The zero-order chi connectivity index (χ0) is 29.5. The molecule has 42 heavy (non-hydrogen) atoms. The lowest BCUT2D eigenvalue weighted by molar-refractivity contribution is 0.0251. The summed E-state index contributed by atoms with van der Waals surface area (Å²) in [4.78, 5) is 25.2. The Morgan fingerprint density at radius 3 is 2.02 bits per heavy atom. The Kier molecular flexibility index (Phi) is 6.61. The Bertz CT molecular complexity index is 1930. The fourth-order valence-corrected chi connectivity index (χ4v) is 5.72. The van der Waals surface area contributed by atoms with Crippen molar-refractivity contribution < 1.29 is 37.1 Å². The normalized spacial score (nSPS) is 16.0. The third-order valence-electron chi connectivity index (χ3n) is 7.05. The van der Waals surface area contributed by atoms with E-state index in [4.69, 9.17) is 9.47 Å². The molecule has 1 aliphatic rings. The summed E-state index contributed by atoms with van der Waals surface area (Å²) in [6.07, 6.45) is 0. The van der Waals surface area contributed by atoms with Gasteiger partial charge in [-0.2, -0.15) is 8.42 Å². The molecule has 0 radical (unpaired) electrons. The van der Waals surface area contributed by atoms with Gasteiger partial charge in [0.1, 0.15) is 22.1 Å². The van der Waals surface area contributed by atoms with Crippen LogP contribution in [0.15, 0.2) is 126 Å². The van der Waals surface area contributed by atoms with Crippen LogP contribution in [0.5, 0.6) is 17.2 Å². The van der Waals surface area contributed by atoms with Gasteiger partial charge in [-0.3, -0.25) is 9.35 Å². The first-order valence-electron chi connectivity index (χ1n) is 12.8. The van der Waals surface area contributed by atoms with Crippen molar-refractivity contribution in [3.05, 3.63) is 155 Å². The average molecular weight is 579 g/mol. The molecule has 1 atom stereocenters. The molecule has 0 spiro atoms. The summed E-state index contributed by atoms with van der Waals surface area (Å²) in [6.45, 7) is 0. The van der Waals surface area contributed by atoms with E-state index in [1.807, 2.05) is 6.07 Å². The third-order valence-corrected chi connectivity index (χ3v) is 7.93. The van der Waals surface area contributed by atoms with Crippen LogP contribution in [0.1, 0.15) is 43.0 Å². The molecule has 0 amide bonds. The van der Waals surface area contributed by atoms with Gasteiger partial charge in [0.25, 0.3) is 10.1 Å². The fourth-order valence-electron chi connectivity index (χ4n) is 5.08. The Balaban J connectivity index is 1.39. The molecule has 0 aliphatic carbocycles. The molecule has 1 unspecified atom stereocenters. The van der Waals surface area contributed by atoms with Crippen molar-refractivity contribution in [3.8, 4) is 17.2 Å². The third kappa shape index (κ3) is 4.70. The molecule has 8 nitrogen and oxygen atoms in total. The van der Waals surface area contributed by atoms with Crippen molar-refractivity contribution >= 4 is 21.9 Å². The van der Waals surface area contributed by atoms with E-state index in [0.29, 0.717) is 33.4 Å². The molecule has 208 valence electrons. The number of cyclic esters (lactones) is 1. The average Bonchev–Trinajstić information content (AvgIpc) is 3.31. The molecule has 5 aromatic rings. The number of esters is 1. The molecule has 5 aromatic carbocycles. The van der Waals surface area contributed by atoms with Gasteiger partial charge in [-0.25, -0.2) is 4.79 Å². The number of phenols is 1. The molecule has 0 saturated heterocycles. The van der Waals surface area contributed by atoms with Crippen LogP contribution in [0, 0.1) is 0 Å². The van der Waals surface area contributed by atoms with Crippen LogP contribution in [0.3, 0.4) is 0 Å². The predicted molar refractivity (Wildman–Crippen MR) is 152 cm³/mol. The summed E-state index contributed by atoms with van der Waals surface area (Å²) in [5.74, 6) is -0.752. The Morgan fingerprint density at radius 2 is 1.36 bits per heavy atom. The number of carbonyl (C=O) groups is 2. The lowest BCUT2D eigenvalue weighted by atomic mass is 9.80. The molecule has 1 heterocycles. The van der Waals surface area contributed by atoms with Crippen LogP contribution in [0.2, 0.25) is 0 Å². The van der Waals surface area contributed by atoms with Crippen LogP contribution in [0.4, 0.5) is 0 Å². The van der Waals surface area contributed by atoms with Crippen LogP contribution in [0.25, 0.3) is 0 Å². The smallest absolute Gasteiger partial charge is 0.340 e. The summed E-state index contributed by atoms with van der Waals surface area (Å²) in [7, 11) is -4.81. The van der Waals surface area contributed by atoms with Gasteiger partial charge in [-0.15, -0.1) is 0 Å². The molecule has 0 aromatic heterocycles. The second-order valence-electron chi connectivity index (χ2n) is 9.62. The van der Waals surface area contributed by atoms with E-state index in [9.17, 15) is 27.7 Å². The van der Waals surface area contributed by atoms with E-state index < -0.39 is 26.6 Å². The topological polar surface area (TPSA) is 127 Å². The van der Waals surface area contributed by atoms with Crippen LogP contribution >= 0.6 is 0 Å². The van der Waals surface area contributed by atoms with Gasteiger partial charge >= 0.3 is 5.97 Å². The maximum Gasteiger partial charge on any atom is 0.340 e. The maximum absolute atomic E-state index is 12.9. The Hall–Kier alpha value is -5.25. The molecular formula is C33H22O8S. The van der Waals surface area contributed by atoms with Gasteiger partial charge in [-0.1, -0.05) is 54.6 Å². The van der Waals surface area contributed by atoms with E-state index in [0.717, 1.165) is 0 Å². The van der Waals surface area contributed by atoms with Crippen molar-refractivity contribution in [2.75, 3.05) is 0 Å². The molecule has 0 fully saturated rings. The van der Waals surface area contributed by atoms with Crippen LogP contribution in [-0.2, 0) is 20.5 Å². The van der Waals surface area contributed by atoms with Gasteiger partial charge in [0.2, 0.25) is 0 Å². The second kappa shape index (κ2) is 10.3. The standard InChI is InChI=1S/C33H22O8S/c34-25-15-10-21(11-16-25)31(35)22-12-17-26(18-13-22)40-29-19-14-24(20-30(29)42(37,38)39)33(23-6-2-1-3-7-23)28-9-5-4-8-27(28)32(36)41-33/h1-20,34H,(H,37,38,39). The second-order valence-corrected chi connectivity index (χ2v) is 11.0. The zero-order valence-electron chi connectivity index (χ0n) is 21.8. The highest BCUT2D eigenvalue weighted by Crippen LogP contribution is 2.48. The molecule has 0 bridgehead atoms. The van der Waals surface area contributed by atoms with Crippen molar-refractivity contribution in [3.63, 3.8) is 0 Å². The number of hydrogen-bond donors (Lipinski definition) is 2. The van der Waals surface area contributed by atoms with E-state index in [2.05, 4.69) is 0 Å². The summed E-state index contributed by atoms with van der Waals surface area (Å²) >= 11 is 0. The van der Waals surface area contributed by atoms with Crippen molar-refractivity contribution in [2.45, 2.75) is 10.5 Å². The molecule has 6 rings (SSSR count). The summed E-state index contributed by atoms with van der Waals surface area (Å²) in [5.41, 5.74) is 1.02. The molecule has 9 heteroatoms. The van der Waals surface area contributed by atoms with Crippen LogP contribution in [-0.4, -0.2) is 29.8 Å². The molecular weight excluding hydrogens is 556 g/mol. The first kappa shape index (κ1) is 26.9. The number of benzene rings is 5. The number of hydrogen-bond acceptors (Lipinski definition) is 7. The van der Waals surface area contributed by atoms with E-state index >= 15 is 0 Å². The Labute approximate surface area is 241 Å². The zero-order valence-corrected chi connectivity index (χ0v) is 22.6. The van der Waals surface area contributed by atoms with Gasteiger partial charge in [0.15, 0.2) is 11.4 Å². The van der Waals surface area contributed by atoms with Gasteiger partial charge in [-0.05, 0) is 66.7 Å². The van der Waals surface area contributed by atoms with E-state index in [1.54, 1.807) is 54.6 Å². The fraction of sp³-hybridized carbons (Fsp3) is 0.0303. The number of ether oxygens (including phenoxy) is 2. The minimum absolute atomic E-state index is 0.0425. The van der Waals surface area contributed by atoms with Crippen molar-refractivity contribution in [1.29, 1.82) is 0 Å². The van der Waals surface area contributed by atoms with Gasteiger partial charge in [0, 0.05) is 27.8 Å². The van der Waals surface area contributed by atoms with E-state index in [1.165, 1.54) is 60.7 Å². The monoisotopic (exact) mass is 578 g/mol. The number of carbonyl (C=O) groups excluding carboxylic acids is 2. The number of aromatic hydroxyl groups is 1. The molecule has 0 saturated carbocycles. The largest absolute Gasteiger partial charge is 0.508 e. The molecule has 1 aliphatic heterocycles. The summed E-state index contributed by atoms with van der Waals surface area (Å²) < 4.78 is 47.2. The first-order valence-corrected chi connectivity index (χ1v) is 14.2. The first-order chi connectivity index (χ1) is 20.2. The minimum atomic E-state index is -4.81. The number of rotatable bonds is 7. The summed E-state index contributed by atoms with van der Waals surface area (Å²) in [5, 5.41) is 9.46. The highest BCUT2D eigenvalue weighted by atomic mass is 32.2. The van der Waals surface area contributed by atoms with Gasteiger partial charge < -0.3 is 14.6 Å². The van der Waals surface area contributed by atoms with Crippen LogP contribution < -0.4 is 4.74 Å². The number of ketones is 1. The molecule has 2 N–H and O–H groups in total. The van der Waals surface area contributed by atoms with E-state index in [-0.39, 0.29) is 23.0 Å². The van der Waals surface area contributed by atoms with Gasteiger partial charge in [0.05, 0.1) is 5.56 Å². The number of fused-ring (bicyclic) bond motifs is 1. The number of phenolic OH excluding ortho intramolecular Hbond substituents is 1. The lowest BCUT2D eigenvalue weighted by Crippen LogP contribution is -2.29. The summed E-state index contributed by atoms with van der Waals surface area (Å²) in [6, 6.07) is 31.8. The lowest BCUT2D eigenvalue weighted by Gasteiger charge is -2.30. The highest BCUT2D eigenvalue weighted by molar-refractivity contribution is 7.86. The quantitative estimate of drug-likeness (QED) is 0.134. The van der Waals surface area contributed by atoms with Crippen molar-refractivity contribution in [1.82, 2.24) is 0 Å². The Morgan fingerprint density at radius 1 is 0.738 bits per heavy atom. The SMILES string of the molecule is O=C(c1ccc(O)cc1)c1ccc(Oc2ccc(C3(c4ccccc4)OC(=O)c4ccccc43)cc2S(=O)(=O)O)cc1. The predicted octanol–water partition coefficient (Wildman–Crippen LogP) is 6.12.